The summed E-state index contributed by atoms with van der Waals surface area (Å²) in [5.41, 5.74) is 0.237. The van der Waals surface area contributed by atoms with Gasteiger partial charge in [0.05, 0.1) is 17.5 Å². The van der Waals surface area contributed by atoms with Crippen LogP contribution in [0.2, 0.25) is 0 Å². The average molecular weight is 361 g/mol. The molecule has 0 unspecified atom stereocenters. The summed E-state index contributed by atoms with van der Waals surface area (Å²) in [5.74, 6) is -1.36. The maximum absolute atomic E-state index is 14.4. The molecule has 1 N–H and O–H groups in total. The maximum atomic E-state index is 14.4. The molecule has 7 heteroatoms. The van der Waals surface area contributed by atoms with Gasteiger partial charge in [0.15, 0.2) is 0 Å². The normalized spacial score (nSPS) is 17.6. The van der Waals surface area contributed by atoms with Crippen molar-refractivity contribution in [3.63, 3.8) is 0 Å². The zero-order valence-corrected chi connectivity index (χ0v) is 14.0. The zero-order chi connectivity index (χ0) is 18.1. The number of halogens is 3. The Morgan fingerprint density at radius 1 is 1.15 bits per heavy atom. The number of nitrogens with one attached hydrogen (secondary N) is 1. The third-order valence-corrected chi connectivity index (χ3v) is 4.62. The second-order valence-electron chi connectivity index (χ2n) is 6.47. The van der Waals surface area contributed by atoms with E-state index in [1.54, 1.807) is 6.07 Å². The van der Waals surface area contributed by atoms with Crippen LogP contribution < -0.4 is 10.1 Å². The minimum Gasteiger partial charge on any atom is -0.476 e. The number of fused-ring (bicyclic) bond motifs is 1. The molecule has 4 nitrogen and oxygen atoms in total. The largest absolute Gasteiger partial charge is 0.476 e. The van der Waals surface area contributed by atoms with Crippen molar-refractivity contribution in [1.82, 2.24) is 15.1 Å². The van der Waals surface area contributed by atoms with Gasteiger partial charge < -0.3 is 10.1 Å². The van der Waals surface area contributed by atoms with Crippen molar-refractivity contribution in [1.29, 1.82) is 0 Å². The second kappa shape index (κ2) is 6.99. The highest BCUT2D eigenvalue weighted by Gasteiger charge is 2.21. The Morgan fingerprint density at radius 3 is 2.85 bits per heavy atom. The summed E-state index contributed by atoms with van der Waals surface area (Å²) in [6.07, 6.45) is 2.08. The topological polar surface area (TPSA) is 39.1 Å². The standard InChI is InChI=1S/C19H18F3N3O/c20-13-6-7-14(21)17(9-13)25-16-5-1-4-15(22)18(16)19(24-25)26-11-12-3-2-8-23-10-12/h1,4-7,9,12,23H,2-3,8,10-11H2/t12-/m1/s1. The smallest absolute Gasteiger partial charge is 0.244 e. The molecule has 0 bridgehead atoms. The molecule has 1 atom stereocenters. The summed E-state index contributed by atoms with van der Waals surface area (Å²) in [6.45, 7) is 2.21. The molecule has 0 amide bonds. The Morgan fingerprint density at radius 2 is 2.04 bits per heavy atom. The molecular weight excluding hydrogens is 343 g/mol. The lowest BCUT2D eigenvalue weighted by Gasteiger charge is -2.22. The van der Waals surface area contributed by atoms with Gasteiger partial charge in [0.25, 0.3) is 0 Å². The molecule has 0 spiro atoms. The number of piperidine rings is 1. The Bertz CT molecular complexity index is 935. The van der Waals surface area contributed by atoms with E-state index in [-0.39, 0.29) is 17.0 Å². The molecule has 26 heavy (non-hydrogen) atoms. The van der Waals surface area contributed by atoms with Crippen LogP contribution in [-0.4, -0.2) is 29.5 Å². The Hall–Kier alpha value is -2.54. The molecule has 0 aliphatic carbocycles. The minimum atomic E-state index is -0.650. The Labute approximate surface area is 148 Å². The lowest BCUT2D eigenvalue weighted by molar-refractivity contribution is 0.213. The molecule has 4 rings (SSSR count). The predicted octanol–water partition coefficient (Wildman–Crippen LogP) is 3.82. The molecule has 1 aromatic heterocycles. The number of ether oxygens (including phenoxy) is 1. The third kappa shape index (κ3) is 3.14. The molecule has 136 valence electrons. The van der Waals surface area contributed by atoms with E-state index >= 15 is 0 Å². The van der Waals surface area contributed by atoms with Crippen LogP contribution in [0.1, 0.15) is 12.8 Å². The number of rotatable bonds is 4. The SMILES string of the molecule is Fc1ccc(F)c(-n2nc(OC[C@@H]3CCCNC3)c3c(F)cccc32)c1. The van der Waals surface area contributed by atoms with Crippen molar-refractivity contribution < 1.29 is 17.9 Å². The monoisotopic (exact) mass is 361 g/mol. The van der Waals surface area contributed by atoms with Crippen LogP contribution in [0, 0.1) is 23.4 Å². The lowest BCUT2D eigenvalue weighted by Crippen LogP contribution is -2.33. The zero-order valence-electron chi connectivity index (χ0n) is 14.0. The van der Waals surface area contributed by atoms with Gasteiger partial charge >= 0.3 is 0 Å². The first-order valence-electron chi connectivity index (χ1n) is 8.59. The van der Waals surface area contributed by atoms with Crippen molar-refractivity contribution in [2.45, 2.75) is 12.8 Å². The summed E-state index contributed by atoms with van der Waals surface area (Å²) in [6, 6.07) is 7.48. The van der Waals surface area contributed by atoms with Crippen LogP contribution in [0.15, 0.2) is 36.4 Å². The van der Waals surface area contributed by atoms with Crippen LogP contribution in [0.4, 0.5) is 13.2 Å². The average Bonchev–Trinajstić information content (AvgIpc) is 3.03. The summed E-state index contributed by atoms with van der Waals surface area (Å²) >= 11 is 0. The van der Waals surface area contributed by atoms with Gasteiger partial charge in [0.1, 0.15) is 23.1 Å². The number of hydrogen-bond donors (Lipinski definition) is 1. The minimum absolute atomic E-state index is 0.0882. The maximum Gasteiger partial charge on any atom is 0.244 e. The van der Waals surface area contributed by atoms with E-state index in [1.165, 1.54) is 16.8 Å². The van der Waals surface area contributed by atoms with E-state index in [0.29, 0.717) is 18.0 Å². The van der Waals surface area contributed by atoms with E-state index in [4.69, 9.17) is 4.74 Å². The molecule has 1 aliphatic heterocycles. The molecule has 1 fully saturated rings. The van der Waals surface area contributed by atoms with E-state index in [9.17, 15) is 13.2 Å². The van der Waals surface area contributed by atoms with Gasteiger partial charge in [-0.15, -0.1) is 5.10 Å². The summed E-state index contributed by atoms with van der Waals surface area (Å²) in [7, 11) is 0. The molecule has 0 saturated carbocycles. The Kier molecular flexibility index (Phi) is 4.55. The summed E-state index contributed by atoms with van der Waals surface area (Å²) in [4.78, 5) is 0. The highest BCUT2D eigenvalue weighted by molar-refractivity contribution is 5.86. The number of hydrogen-bond acceptors (Lipinski definition) is 3. The van der Waals surface area contributed by atoms with E-state index < -0.39 is 17.5 Å². The molecule has 0 radical (unpaired) electrons. The predicted molar refractivity (Wildman–Crippen MR) is 92.0 cm³/mol. The fourth-order valence-electron chi connectivity index (χ4n) is 3.29. The highest BCUT2D eigenvalue weighted by atomic mass is 19.1. The lowest BCUT2D eigenvalue weighted by atomic mass is 10.0. The van der Waals surface area contributed by atoms with Crippen molar-refractivity contribution in [3.05, 3.63) is 53.8 Å². The second-order valence-corrected chi connectivity index (χ2v) is 6.47. The quantitative estimate of drug-likeness (QED) is 0.768. The van der Waals surface area contributed by atoms with Crippen LogP contribution in [-0.2, 0) is 0 Å². The van der Waals surface area contributed by atoms with Crippen molar-refractivity contribution >= 4 is 10.9 Å². The summed E-state index contributed by atoms with van der Waals surface area (Å²) in [5, 5.41) is 7.69. The van der Waals surface area contributed by atoms with Crippen LogP contribution in [0.5, 0.6) is 5.88 Å². The van der Waals surface area contributed by atoms with Gasteiger partial charge in [0.2, 0.25) is 5.88 Å². The van der Waals surface area contributed by atoms with Gasteiger partial charge in [-0.1, -0.05) is 6.07 Å². The van der Waals surface area contributed by atoms with Crippen molar-refractivity contribution in [2.24, 2.45) is 5.92 Å². The van der Waals surface area contributed by atoms with Gasteiger partial charge in [0, 0.05) is 18.5 Å². The van der Waals surface area contributed by atoms with Crippen LogP contribution in [0.3, 0.4) is 0 Å². The molecule has 2 heterocycles. The van der Waals surface area contributed by atoms with Crippen molar-refractivity contribution in [2.75, 3.05) is 19.7 Å². The van der Waals surface area contributed by atoms with E-state index in [2.05, 4.69) is 10.4 Å². The molecule has 3 aromatic rings. The van der Waals surface area contributed by atoms with Crippen LogP contribution in [0.25, 0.3) is 16.6 Å². The number of aromatic nitrogens is 2. The van der Waals surface area contributed by atoms with Gasteiger partial charge in [-0.05, 0) is 43.7 Å². The first-order chi connectivity index (χ1) is 12.6. The number of nitrogens with zero attached hydrogens (tertiary/aromatic N) is 2. The fourth-order valence-corrected chi connectivity index (χ4v) is 3.29. The first kappa shape index (κ1) is 16.9. The first-order valence-corrected chi connectivity index (χ1v) is 8.59. The molecule has 1 aliphatic rings. The fraction of sp³-hybridized carbons (Fsp3) is 0.316. The van der Waals surface area contributed by atoms with Gasteiger partial charge in [-0.3, -0.25) is 0 Å². The molecule has 1 saturated heterocycles. The highest BCUT2D eigenvalue weighted by Crippen LogP contribution is 2.31. The third-order valence-electron chi connectivity index (χ3n) is 4.62. The van der Waals surface area contributed by atoms with Gasteiger partial charge in [-0.2, -0.15) is 0 Å². The van der Waals surface area contributed by atoms with E-state index in [0.717, 1.165) is 44.1 Å². The number of benzene rings is 2. The van der Waals surface area contributed by atoms with Crippen LogP contribution >= 0.6 is 0 Å². The van der Waals surface area contributed by atoms with Crippen molar-refractivity contribution in [3.8, 4) is 11.6 Å². The Balaban J connectivity index is 1.75. The molecular formula is C19H18F3N3O. The molecule has 2 aromatic carbocycles. The summed E-state index contributed by atoms with van der Waals surface area (Å²) < 4.78 is 49.2. The van der Waals surface area contributed by atoms with Gasteiger partial charge in [-0.25, -0.2) is 17.9 Å². The van der Waals surface area contributed by atoms with E-state index in [1.807, 2.05) is 0 Å².